The van der Waals surface area contributed by atoms with Crippen molar-refractivity contribution in [2.45, 2.75) is 64.7 Å². The van der Waals surface area contributed by atoms with Gasteiger partial charge < -0.3 is 5.32 Å². The van der Waals surface area contributed by atoms with Crippen LogP contribution in [-0.2, 0) is 0 Å². The van der Waals surface area contributed by atoms with Crippen LogP contribution in [0, 0.1) is 5.92 Å². The molecule has 1 heterocycles. The van der Waals surface area contributed by atoms with Crippen molar-refractivity contribution in [1.29, 1.82) is 0 Å². The molecule has 0 spiro atoms. The van der Waals surface area contributed by atoms with Gasteiger partial charge in [0.25, 0.3) is 0 Å². The fourth-order valence-corrected chi connectivity index (χ4v) is 2.95. The van der Waals surface area contributed by atoms with Crippen molar-refractivity contribution in [3.63, 3.8) is 0 Å². The van der Waals surface area contributed by atoms with Gasteiger partial charge in [-0.1, -0.05) is 27.7 Å². The Hall–Kier alpha value is -0.290. The maximum Gasteiger partial charge on any atom is 0.401 e. The molecule has 1 aliphatic rings. The van der Waals surface area contributed by atoms with Crippen LogP contribution in [-0.4, -0.2) is 42.3 Å². The van der Waals surface area contributed by atoms with E-state index < -0.39 is 12.7 Å². The Morgan fingerprint density at radius 3 is 2.26 bits per heavy atom. The van der Waals surface area contributed by atoms with Crippen LogP contribution in [0.3, 0.4) is 0 Å². The Morgan fingerprint density at radius 2 is 1.84 bits per heavy atom. The smallest absolute Gasteiger partial charge is 0.308 e. The average Bonchev–Trinajstić information content (AvgIpc) is 2.29. The van der Waals surface area contributed by atoms with Crippen LogP contribution in [0.2, 0.25) is 0 Å². The van der Waals surface area contributed by atoms with Crippen LogP contribution in [0.5, 0.6) is 0 Å². The van der Waals surface area contributed by atoms with Crippen LogP contribution >= 0.6 is 0 Å². The molecule has 1 aliphatic heterocycles. The zero-order valence-electron chi connectivity index (χ0n) is 12.5. The fourth-order valence-electron chi connectivity index (χ4n) is 2.95. The molecule has 1 unspecified atom stereocenters. The fraction of sp³-hybridized carbons (Fsp3) is 1.00. The van der Waals surface area contributed by atoms with Gasteiger partial charge in [0.15, 0.2) is 0 Å². The standard InChI is InChI=1S/C14H27F3N2/c1-5-13(6-2)9-19(10-14(15,16)17)12(8-18-13)7-11(3)4/h11-12,18H,5-10H2,1-4H3. The topological polar surface area (TPSA) is 15.3 Å². The largest absolute Gasteiger partial charge is 0.401 e. The highest BCUT2D eigenvalue weighted by atomic mass is 19.4. The minimum absolute atomic E-state index is 0.00662. The highest BCUT2D eigenvalue weighted by molar-refractivity contribution is 4.97. The first kappa shape index (κ1) is 16.8. The van der Waals surface area contributed by atoms with Gasteiger partial charge in [0.1, 0.15) is 0 Å². The lowest BCUT2D eigenvalue weighted by molar-refractivity contribution is -0.158. The molecule has 0 saturated carbocycles. The molecule has 1 saturated heterocycles. The number of halogens is 3. The summed E-state index contributed by atoms with van der Waals surface area (Å²) in [4.78, 5) is 1.64. The molecule has 1 rings (SSSR count). The van der Waals surface area contributed by atoms with Crippen LogP contribution in [0.4, 0.5) is 13.2 Å². The molecule has 2 nitrogen and oxygen atoms in total. The normalized spacial score (nSPS) is 24.9. The van der Waals surface area contributed by atoms with E-state index in [0.29, 0.717) is 19.0 Å². The third-order valence-electron chi connectivity index (χ3n) is 4.21. The maximum atomic E-state index is 12.7. The minimum atomic E-state index is -4.11. The first-order valence-electron chi connectivity index (χ1n) is 7.27. The van der Waals surface area contributed by atoms with Crippen molar-refractivity contribution >= 4 is 0 Å². The molecule has 0 aromatic heterocycles. The molecule has 5 heteroatoms. The molecule has 19 heavy (non-hydrogen) atoms. The van der Waals surface area contributed by atoms with E-state index in [4.69, 9.17) is 0 Å². The van der Waals surface area contributed by atoms with Gasteiger partial charge >= 0.3 is 6.18 Å². The lowest BCUT2D eigenvalue weighted by Crippen LogP contribution is -2.65. The third-order valence-corrected chi connectivity index (χ3v) is 4.21. The van der Waals surface area contributed by atoms with E-state index in [1.807, 2.05) is 13.8 Å². The van der Waals surface area contributed by atoms with Crippen molar-refractivity contribution in [1.82, 2.24) is 10.2 Å². The summed E-state index contributed by atoms with van der Waals surface area (Å²) in [6, 6.07) is -0.00662. The summed E-state index contributed by atoms with van der Waals surface area (Å²) >= 11 is 0. The zero-order valence-corrected chi connectivity index (χ0v) is 12.5. The van der Waals surface area contributed by atoms with Crippen molar-refractivity contribution < 1.29 is 13.2 Å². The molecular formula is C14H27F3N2. The summed E-state index contributed by atoms with van der Waals surface area (Å²) in [6.45, 7) is 8.59. The lowest BCUT2D eigenvalue weighted by atomic mass is 9.87. The molecule has 1 fully saturated rings. The molecule has 0 radical (unpaired) electrons. The second-order valence-corrected chi connectivity index (χ2v) is 6.17. The van der Waals surface area contributed by atoms with E-state index in [2.05, 4.69) is 19.2 Å². The first-order valence-corrected chi connectivity index (χ1v) is 7.27. The summed E-state index contributed by atoms with van der Waals surface area (Å²) in [5.41, 5.74) is -0.154. The highest BCUT2D eigenvalue weighted by Gasteiger charge is 2.41. The molecule has 1 N–H and O–H groups in total. The number of hydrogen-bond acceptors (Lipinski definition) is 2. The predicted octanol–water partition coefficient (Wildman–Crippen LogP) is 3.43. The van der Waals surface area contributed by atoms with Gasteiger partial charge in [-0.25, -0.2) is 0 Å². The Labute approximate surface area is 114 Å². The van der Waals surface area contributed by atoms with E-state index >= 15 is 0 Å². The summed E-state index contributed by atoms with van der Waals surface area (Å²) in [6.07, 6.45) is -1.56. The van der Waals surface area contributed by atoms with Gasteiger partial charge in [-0.15, -0.1) is 0 Å². The van der Waals surface area contributed by atoms with Gasteiger partial charge in [-0.2, -0.15) is 13.2 Å². The number of alkyl halides is 3. The monoisotopic (exact) mass is 280 g/mol. The molecular weight excluding hydrogens is 253 g/mol. The average molecular weight is 280 g/mol. The Morgan fingerprint density at radius 1 is 1.26 bits per heavy atom. The van der Waals surface area contributed by atoms with Gasteiger partial charge in [0.2, 0.25) is 0 Å². The highest BCUT2D eigenvalue weighted by Crippen LogP contribution is 2.28. The van der Waals surface area contributed by atoms with E-state index in [0.717, 1.165) is 19.3 Å². The quantitative estimate of drug-likeness (QED) is 0.830. The molecule has 0 aromatic rings. The number of nitrogens with zero attached hydrogens (tertiary/aromatic N) is 1. The number of piperazine rings is 1. The van der Waals surface area contributed by atoms with Gasteiger partial charge in [-0.3, -0.25) is 4.90 Å². The molecule has 0 bridgehead atoms. The first-order chi connectivity index (χ1) is 8.71. The number of rotatable bonds is 5. The predicted molar refractivity (Wildman–Crippen MR) is 72.2 cm³/mol. The Balaban J connectivity index is 2.79. The second-order valence-electron chi connectivity index (χ2n) is 6.17. The summed E-state index contributed by atoms with van der Waals surface area (Å²) in [5, 5.41) is 3.49. The van der Waals surface area contributed by atoms with Crippen molar-refractivity contribution in [2.75, 3.05) is 19.6 Å². The van der Waals surface area contributed by atoms with Gasteiger partial charge in [-0.05, 0) is 25.2 Å². The molecule has 114 valence electrons. The molecule has 0 aromatic carbocycles. The summed E-state index contributed by atoms with van der Waals surface area (Å²) in [7, 11) is 0. The third kappa shape index (κ3) is 4.95. The van der Waals surface area contributed by atoms with Crippen molar-refractivity contribution in [2.24, 2.45) is 5.92 Å². The van der Waals surface area contributed by atoms with Crippen LogP contribution < -0.4 is 5.32 Å². The van der Waals surface area contributed by atoms with Crippen LogP contribution in [0.25, 0.3) is 0 Å². The molecule has 0 aliphatic carbocycles. The van der Waals surface area contributed by atoms with Gasteiger partial charge in [0, 0.05) is 24.7 Å². The van der Waals surface area contributed by atoms with E-state index in [1.54, 1.807) is 4.90 Å². The Bertz CT molecular complexity index is 272. The minimum Gasteiger partial charge on any atom is -0.308 e. The molecule has 1 atom stereocenters. The zero-order chi connectivity index (χ0) is 14.7. The number of nitrogens with one attached hydrogen (secondary N) is 1. The SMILES string of the molecule is CCC1(CC)CN(CC(F)(F)F)C(CC(C)C)CN1. The van der Waals surface area contributed by atoms with Crippen molar-refractivity contribution in [3.05, 3.63) is 0 Å². The van der Waals surface area contributed by atoms with E-state index in [-0.39, 0.29) is 11.6 Å². The van der Waals surface area contributed by atoms with Crippen molar-refractivity contribution in [3.8, 4) is 0 Å². The Kier molecular flexibility index (Phi) is 5.68. The summed E-state index contributed by atoms with van der Waals surface area (Å²) < 4.78 is 38.2. The van der Waals surface area contributed by atoms with E-state index in [9.17, 15) is 13.2 Å². The maximum absolute atomic E-state index is 12.7. The lowest BCUT2D eigenvalue weighted by Gasteiger charge is -2.48. The van der Waals surface area contributed by atoms with Crippen LogP contribution in [0.15, 0.2) is 0 Å². The van der Waals surface area contributed by atoms with E-state index in [1.165, 1.54) is 0 Å². The number of hydrogen-bond donors (Lipinski definition) is 1. The van der Waals surface area contributed by atoms with Gasteiger partial charge in [0.05, 0.1) is 6.54 Å². The molecule has 0 amide bonds. The van der Waals surface area contributed by atoms with Crippen LogP contribution in [0.1, 0.15) is 47.0 Å². The summed E-state index contributed by atoms with van der Waals surface area (Å²) in [5.74, 6) is 0.415. The second kappa shape index (κ2) is 6.44.